The van der Waals surface area contributed by atoms with Crippen LogP contribution in [0.25, 0.3) is 0 Å². The summed E-state index contributed by atoms with van der Waals surface area (Å²) in [6.07, 6.45) is 1.61. The summed E-state index contributed by atoms with van der Waals surface area (Å²) >= 11 is 4.54. The van der Waals surface area contributed by atoms with Gasteiger partial charge in [0.1, 0.15) is 16.1 Å². The van der Waals surface area contributed by atoms with Gasteiger partial charge < -0.3 is 4.55 Å². The van der Waals surface area contributed by atoms with Crippen molar-refractivity contribution in [2.24, 2.45) is 4.40 Å². The summed E-state index contributed by atoms with van der Waals surface area (Å²) in [4.78, 5) is 0. The topological polar surface area (TPSA) is 35.4 Å². The molecule has 0 heterocycles. The minimum Gasteiger partial charge on any atom is -0.591 e. The number of hydrogen-bond acceptors (Lipinski definition) is 2. The highest BCUT2D eigenvalue weighted by Gasteiger charge is 2.25. The average Bonchev–Trinajstić information content (AvgIpc) is 2.15. The Kier molecular flexibility index (Phi) is 4.20. The first-order valence-electron chi connectivity index (χ1n) is 4.61. The molecule has 1 atom stereocenters. The van der Waals surface area contributed by atoms with E-state index in [2.05, 4.69) is 4.40 Å². The van der Waals surface area contributed by atoms with Crippen LogP contribution >= 0.6 is 11.6 Å². The van der Waals surface area contributed by atoms with E-state index in [1.165, 1.54) is 0 Å². The van der Waals surface area contributed by atoms with E-state index in [-0.39, 0.29) is 4.75 Å². The zero-order chi connectivity index (χ0) is 11.5. The van der Waals surface area contributed by atoms with Gasteiger partial charge in [0.15, 0.2) is 0 Å². The van der Waals surface area contributed by atoms with Gasteiger partial charge in [-0.3, -0.25) is 0 Å². The maximum Gasteiger partial charge on any atom is 0.144 e. The Hall–Kier alpha value is -0.510. The molecule has 15 heavy (non-hydrogen) atoms. The van der Waals surface area contributed by atoms with Crippen LogP contribution in [0, 0.1) is 0 Å². The Bertz CT molecular complexity index is 343. The monoisotopic (exact) mass is 243 g/mol. The Labute approximate surface area is 98.7 Å². The van der Waals surface area contributed by atoms with Crippen LogP contribution in [0.4, 0.5) is 0 Å². The highest BCUT2D eigenvalue weighted by Crippen LogP contribution is 2.17. The first-order valence-corrected chi connectivity index (χ1v) is 6.10. The lowest BCUT2D eigenvalue weighted by Gasteiger charge is -2.17. The summed E-state index contributed by atoms with van der Waals surface area (Å²) in [5.41, 5.74) is 0.900. The van der Waals surface area contributed by atoms with E-state index in [1.807, 2.05) is 32.9 Å². The lowest BCUT2D eigenvalue weighted by Crippen LogP contribution is -2.25. The van der Waals surface area contributed by atoms with Crippen molar-refractivity contribution < 1.29 is 4.55 Å². The minimum absolute atomic E-state index is 0.317. The van der Waals surface area contributed by atoms with Gasteiger partial charge in [0.2, 0.25) is 0 Å². The summed E-state index contributed by atoms with van der Waals surface area (Å²) in [5.74, 6) is 0. The third-order valence-electron chi connectivity index (χ3n) is 1.69. The Morgan fingerprint density at radius 2 is 1.80 bits per heavy atom. The first kappa shape index (κ1) is 12.6. The molecule has 1 aromatic rings. The van der Waals surface area contributed by atoms with Gasteiger partial charge in [-0.15, -0.1) is 0 Å². The zero-order valence-electron chi connectivity index (χ0n) is 9.03. The molecule has 1 unspecified atom stereocenters. The summed E-state index contributed by atoms with van der Waals surface area (Å²) in [6.45, 7) is 5.67. The van der Waals surface area contributed by atoms with Gasteiger partial charge >= 0.3 is 0 Å². The fraction of sp³-hybridized carbons (Fsp3) is 0.364. The lowest BCUT2D eigenvalue weighted by molar-refractivity contribution is 0.562. The van der Waals surface area contributed by atoms with Gasteiger partial charge in [-0.2, -0.15) is 0 Å². The molecule has 0 saturated carbocycles. The average molecular weight is 244 g/mol. The maximum atomic E-state index is 11.6. The molecular weight excluding hydrogens is 230 g/mol. The van der Waals surface area contributed by atoms with Crippen LogP contribution in [0.15, 0.2) is 28.7 Å². The van der Waals surface area contributed by atoms with Crippen LogP contribution in [-0.4, -0.2) is 15.5 Å². The summed E-state index contributed by atoms with van der Waals surface area (Å²) in [7, 11) is 0. The van der Waals surface area contributed by atoms with Crippen molar-refractivity contribution in [2.75, 3.05) is 0 Å². The molecule has 2 nitrogen and oxygen atoms in total. The molecule has 0 amide bonds. The van der Waals surface area contributed by atoms with Gasteiger partial charge in [-0.1, -0.05) is 28.1 Å². The second kappa shape index (κ2) is 5.01. The first-order chi connectivity index (χ1) is 6.89. The smallest absolute Gasteiger partial charge is 0.144 e. The van der Waals surface area contributed by atoms with Gasteiger partial charge in [-0.05, 0) is 38.5 Å². The quantitative estimate of drug-likeness (QED) is 0.580. The molecule has 1 aromatic carbocycles. The van der Waals surface area contributed by atoms with Crippen molar-refractivity contribution in [2.45, 2.75) is 25.5 Å². The van der Waals surface area contributed by atoms with Gasteiger partial charge in [0.05, 0.1) is 6.21 Å². The molecule has 0 aliphatic heterocycles. The molecule has 0 saturated heterocycles. The van der Waals surface area contributed by atoms with Crippen LogP contribution in [-0.2, 0) is 11.4 Å². The van der Waals surface area contributed by atoms with Gasteiger partial charge in [0, 0.05) is 5.02 Å². The van der Waals surface area contributed by atoms with E-state index >= 15 is 0 Å². The Morgan fingerprint density at radius 1 is 1.27 bits per heavy atom. The molecule has 1 rings (SSSR count). The van der Waals surface area contributed by atoms with Gasteiger partial charge in [0.25, 0.3) is 0 Å². The van der Waals surface area contributed by atoms with Crippen molar-refractivity contribution in [1.82, 2.24) is 0 Å². The molecule has 0 spiro atoms. The van der Waals surface area contributed by atoms with E-state index in [9.17, 15) is 4.55 Å². The zero-order valence-corrected chi connectivity index (χ0v) is 10.6. The fourth-order valence-electron chi connectivity index (χ4n) is 0.816. The summed E-state index contributed by atoms with van der Waals surface area (Å²) in [5, 5.41) is 0.684. The number of nitrogens with zero attached hydrogens (tertiary/aromatic N) is 1. The highest BCUT2D eigenvalue weighted by atomic mass is 35.5. The predicted octanol–water partition coefficient (Wildman–Crippen LogP) is 3.22. The molecule has 0 radical (unpaired) electrons. The van der Waals surface area contributed by atoms with Crippen molar-refractivity contribution >= 4 is 29.2 Å². The van der Waals surface area contributed by atoms with E-state index in [0.29, 0.717) is 5.02 Å². The van der Waals surface area contributed by atoms with E-state index < -0.39 is 11.4 Å². The van der Waals surface area contributed by atoms with Crippen LogP contribution < -0.4 is 0 Å². The SMILES string of the molecule is CC(C)(C)[S+]([O-])/N=C/c1ccc(Cl)cc1. The third kappa shape index (κ3) is 4.24. The van der Waals surface area contributed by atoms with Crippen molar-refractivity contribution in [3.05, 3.63) is 34.9 Å². The van der Waals surface area contributed by atoms with Crippen molar-refractivity contribution in [1.29, 1.82) is 0 Å². The Balaban J connectivity index is 2.70. The van der Waals surface area contributed by atoms with E-state index in [4.69, 9.17) is 11.6 Å². The number of benzene rings is 1. The van der Waals surface area contributed by atoms with E-state index in [1.54, 1.807) is 18.3 Å². The number of hydrogen-bond donors (Lipinski definition) is 0. The molecule has 0 aliphatic rings. The fourth-order valence-corrected chi connectivity index (χ4v) is 1.48. The van der Waals surface area contributed by atoms with Crippen molar-refractivity contribution in [3.63, 3.8) is 0 Å². The molecule has 0 aliphatic carbocycles. The third-order valence-corrected chi connectivity index (χ3v) is 3.29. The van der Waals surface area contributed by atoms with E-state index in [0.717, 1.165) is 5.56 Å². The maximum absolute atomic E-state index is 11.6. The van der Waals surface area contributed by atoms with Crippen LogP contribution in [0.5, 0.6) is 0 Å². The summed E-state index contributed by atoms with van der Waals surface area (Å²) < 4.78 is 15.3. The minimum atomic E-state index is -1.21. The van der Waals surface area contributed by atoms with Crippen LogP contribution in [0.3, 0.4) is 0 Å². The molecule has 82 valence electrons. The van der Waals surface area contributed by atoms with Crippen molar-refractivity contribution in [3.8, 4) is 0 Å². The van der Waals surface area contributed by atoms with Gasteiger partial charge in [-0.25, -0.2) is 0 Å². The molecule has 4 heteroatoms. The molecule has 0 aromatic heterocycles. The van der Waals surface area contributed by atoms with Crippen LogP contribution in [0.1, 0.15) is 26.3 Å². The standard InChI is InChI=1S/C11H14ClNOS/c1-11(2,3)15(14)13-8-9-4-6-10(12)7-5-9/h4-8H,1-3H3/b13-8+. The molecular formula is C11H14ClNOS. The molecule has 0 N–H and O–H groups in total. The normalized spacial score (nSPS) is 14.5. The predicted molar refractivity (Wildman–Crippen MR) is 66.9 cm³/mol. The largest absolute Gasteiger partial charge is 0.591 e. The molecule has 0 fully saturated rings. The highest BCUT2D eigenvalue weighted by molar-refractivity contribution is 7.91. The number of halogens is 1. The summed E-state index contributed by atoms with van der Waals surface area (Å²) in [6, 6.07) is 7.24. The number of rotatable bonds is 2. The second-order valence-corrected chi connectivity index (χ2v) is 6.52. The molecule has 0 bridgehead atoms. The lowest BCUT2D eigenvalue weighted by atomic mass is 10.2. The second-order valence-electron chi connectivity index (χ2n) is 4.15. The Morgan fingerprint density at radius 3 is 2.27 bits per heavy atom. The van der Waals surface area contributed by atoms with Crippen LogP contribution in [0.2, 0.25) is 5.02 Å².